The molecule has 0 spiro atoms. The molecule has 0 bridgehead atoms. The van der Waals surface area contributed by atoms with E-state index in [1.54, 1.807) is 24.3 Å². The van der Waals surface area contributed by atoms with Crippen LogP contribution in [0.2, 0.25) is 0 Å². The summed E-state index contributed by atoms with van der Waals surface area (Å²) in [6, 6.07) is 7.16. The molecule has 0 unspecified atom stereocenters. The highest BCUT2D eigenvalue weighted by Gasteiger charge is 2.27. The second-order valence-corrected chi connectivity index (χ2v) is 6.04. The van der Waals surface area contributed by atoms with Gasteiger partial charge in [-0.1, -0.05) is 44.2 Å². The molecule has 0 aromatic heterocycles. The van der Waals surface area contributed by atoms with E-state index >= 15 is 0 Å². The maximum Gasteiger partial charge on any atom is 0.326 e. The van der Waals surface area contributed by atoms with Gasteiger partial charge in [0, 0.05) is 6.42 Å². The molecule has 1 rings (SSSR count). The van der Waals surface area contributed by atoms with Gasteiger partial charge in [-0.05, 0) is 17.9 Å². The van der Waals surface area contributed by atoms with E-state index in [1.807, 2.05) is 19.9 Å². The Morgan fingerprint density at radius 3 is 2.21 bits per heavy atom. The standard InChI is InChI=1S/C17H25N3O4/c1-11(2)8-13(19-15(21)10-18)16(22)20-14(17(23)24)9-12-6-4-3-5-7-12/h3-7,11,13-14H,8-10,18H2,1-2H3,(H,19,21)(H,20,22)(H,23,24)/t13-,14-/m1/s1. The molecule has 132 valence electrons. The summed E-state index contributed by atoms with van der Waals surface area (Å²) in [5.74, 6) is -1.95. The summed E-state index contributed by atoms with van der Waals surface area (Å²) in [4.78, 5) is 35.3. The first-order valence-corrected chi connectivity index (χ1v) is 7.90. The fraction of sp³-hybridized carbons (Fsp3) is 0.471. The molecule has 0 fully saturated rings. The van der Waals surface area contributed by atoms with Crippen molar-refractivity contribution in [2.24, 2.45) is 11.7 Å². The smallest absolute Gasteiger partial charge is 0.326 e. The van der Waals surface area contributed by atoms with E-state index in [0.29, 0.717) is 6.42 Å². The van der Waals surface area contributed by atoms with Gasteiger partial charge in [-0.25, -0.2) is 4.79 Å². The predicted molar refractivity (Wildman–Crippen MR) is 90.2 cm³/mol. The Labute approximate surface area is 141 Å². The van der Waals surface area contributed by atoms with Gasteiger partial charge in [0.2, 0.25) is 11.8 Å². The molecule has 0 radical (unpaired) electrons. The molecule has 0 heterocycles. The van der Waals surface area contributed by atoms with Crippen LogP contribution in [0.3, 0.4) is 0 Å². The van der Waals surface area contributed by atoms with Crippen LogP contribution in [0.5, 0.6) is 0 Å². The number of carbonyl (C=O) groups excluding carboxylic acids is 2. The monoisotopic (exact) mass is 335 g/mol. The van der Waals surface area contributed by atoms with Crippen LogP contribution in [0.15, 0.2) is 30.3 Å². The van der Waals surface area contributed by atoms with Gasteiger partial charge in [-0.3, -0.25) is 9.59 Å². The highest BCUT2D eigenvalue weighted by Crippen LogP contribution is 2.07. The van der Waals surface area contributed by atoms with E-state index in [2.05, 4.69) is 10.6 Å². The first kappa shape index (κ1) is 19.6. The summed E-state index contributed by atoms with van der Waals surface area (Å²) in [6.45, 7) is 3.59. The number of benzene rings is 1. The van der Waals surface area contributed by atoms with Gasteiger partial charge >= 0.3 is 5.97 Å². The summed E-state index contributed by atoms with van der Waals surface area (Å²) in [5, 5.41) is 14.4. The second kappa shape index (κ2) is 9.67. The maximum absolute atomic E-state index is 12.4. The minimum Gasteiger partial charge on any atom is -0.480 e. The average molecular weight is 335 g/mol. The van der Waals surface area contributed by atoms with Gasteiger partial charge < -0.3 is 21.5 Å². The molecule has 0 aliphatic rings. The zero-order valence-corrected chi connectivity index (χ0v) is 14.0. The Balaban J connectivity index is 2.79. The molecule has 24 heavy (non-hydrogen) atoms. The van der Waals surface area contributed by atoms with Crippen LogP contribution in [0.25, 0.3) is 0 Å². The van der Waals surface area contributed by atoms with E-state index in [9.17, 15) is 19.5 Å². The lowest BCUT2D eigenvalue weighted by Crippen LogP contribution is -2.53. The SMILES string of the molecule is CC(C)C[C@@H](NC(=O)CN)C(=O)N[C@H](Cc1ccccc1)C(=O)O. The molecule has 0 saturated heterocycles. The lowest BCUT2D eigenvalue weighted by atomic mass is 10.0. The van der Waals surface area contributed by atoms with E-state index in [-0.39, 0.29) is 18.9 Å². The van der Waals surface area contributed by atoms with Crippen LogP contribution in [-0.4, -0.2) is 41.5 Å². The van der Waals surface area contributed by atoms with Gasteiger partial charge in [-0.2, -0.15) is 0 Å². The van der Waals surface area contributed by atoms with Crippen molar-refractivity contribution in [3.8, 4) is 0 Å². The lowest BCUT2D eigenvalue weighted by Gasteiger charge is -2.22. The zero-order chi connectivity index (χ0) is 18.1. The van der Waals surface area contributed by atoms with Crippen molar-refractivity contribution >= 4 is 17.8 Å². The number of carboxylic acids is 1. The number of nitrogens with one attached hydrogen (secondary N) is 2. The van der Waals surface area contributed by atoms with Crippen molar-refractivity contribution in [3.63, 3.8) is 0 Å². The lowest BCUT2D eigenvalue weighted by molar-refractivity contribution is -0.142. The van der Waals surface area contributed by atoms with Gasteiger partial charge in [0.25, 0.3) is 0 Å². The average Bonchev–Trinajstić information content (AvgIpc) is 2.53. The molecule has 1 aromatic rings. The first-order valence-electron chi connectivity index (χ1n) is 7.90. The summed E-state index contributed by atoms with van der Waals surface area (Å²) < 4.78 is 0. The molecule has 7 nitrogen and oxygen atoms in total. The highest BCUT2D eigenvalue weighted by atomic mass is 16.4. The zero-order valence-electron chi connectivity index (χ0n) is 14.0. The van der Waals surface area contributed by atoms with Crippen LogP contribution in [0.1, 0.15) is 25.8 Å². The third-order valence-corrected chi connectivity index (χ3v) is 3.44. The Kier molecular flexibility index (Phi) is 7.91. The van der Waals surface area contributed by atoms with Crippen molar-refractivity contribution in [1.82, 2.24) is 10.6 Å². The van der Waals surface area contributed by atoms with Crippen LogP contribution in [0, 0.1) is 5.92 Å². The minimum absolute atomic E-state index is 0.149. The summed E-state index contributed by atoms with van der Waals surface area (Å²) >= 11 is 0. The fourth-order valence-corrected chi connectivity index (χ4v) is 2.28. The van der Waals surface area contributed by atoms with Crippen LogP contribution in [0.4, 0.5) is 0 Å². The molecule has 0 aliphatic carbocycles. The van der Waals surface area contributed by atoms with E-state index < -0.39 is 29.9 Å². The number of hydrogen-bond acceptors (Lipinski definition) is 4. The number of rotatable bonds is 9. The number of hydrogen-bond donors (Lipinski definition) is 4. The first-order chi connectivity index (χ1) is 11.3. The molecule has 7 heteroatoms. The molecule has 1 aromatic carbocycles. The molecule has 0 aliphatic heterocycles. The van der Waals surface area contributed by atoms with E-state index in [1.165, 1.54) is 0 Å². The van der Waals surface area contributed by atoms with Crippen molar-refractivity contribution in [2.45, 2.75) is 38.8 Å². The van der Waals surface area contributed by atoms with Gasteiger partial charge in [0.05, 0.1) is 6.54 Å². The number of carbonyl (C=O) groups is 3. The van der Waals surface area contributed by atoms with Crippen molar-refractivity contribution < 1.29 is 19.5 Å². The third kappa shape index (κ3) is 6.78. The predicted octanol–water partition coefficient (Wildman–Crippen LogP) is 0.288. The fourth-order valence-electron chi connectivity index (χ4n) is 2.28. The summed E-state index contributed by atoms with van der Waals surface area (Å²) in [6.07, 6.45) is 0.566. The number of carboxylic acid groups (broad SMARTS) is 1. The molecule has 2 amide bonds. The van der Waals surface area contributed by atoms with Crippen molar-refractivity contribution in [3.05, 3.63) is 35.9 Å². The molecule has 2 atom stereocenters. The molecular weight excluding hydrogens is 310 g/mol. The van der Waals surface area contributed by atoms with Gasteiger partial charge in [0.15, 0.2) is 0 Å². The Morgan fingerprint density at radius 1 is 1.08 bits per heavy atom. The normalized spacial score (nSPS) is 13.2. The van der Waals surface area contributed by atoms with Crippen LogP contribution in [-0.2, 0) is 20.8 Å². The number of nitrogens with two attached hydrogens (primary N) is 1. The number of amides is 2. The maximum atomic E-state index is 12.4. The topological polar surface area (TPSA) is 122 Å². The molecule has 5 N–H and O–H groups in total. The Morgan fingerprint density at radius 2 is 1.71 bits per heavy atom. The second-order valence-electron chi connectivity index (χ2n) is 6.04. The van der Waals surface area contributed by atoms with E-state index in [4.69, 9.17) is 5.73 Å². The largest absolute Gasteiger partial charge is 0.480 e. The third-order valence-electron chi connectivity index (χ3n) is 3.44. The molecular formula is C17H25N3O4. The van der Waals surface area contributed by atoms with Gasteiger partial charge in [0.1, 0.15) is 12.1 Å². The summed E-state index contributed by atoms with van der Waals surface area (Å²) in [5.41, 5.74) is 6.07. The molecule has 0 saturated carbocycles. The Hall–Kier alpha value is -2.41. The quantitative estimate of drug-likeness (QED) is 0.517. The van der Waals surface area contributed by atoms with Crippen molar-refractivity contribution in [1.29, 1.82) is 0 Å². The Bertz CT molecular complexity index is 560. The number of aliphatic carboxylic acids is 1. The van der Waals surface area contributed by atoms with Crippen molar-refractivity contribution in [2.75, 3.05) is 6.54 Å². The highest BCUT2D eigenvalue weighted by molar-refractivity contribution is 5.90. The minimum atomic E-state index is -1.12. The van der Waals surface area contributed by atoms with Crippen LogP contribution >= 0.6 is 0 Å². The van der Waals surface area contributed by atoms with Crippen LogP contribution < -0.4 is 16.4 Å². The van der Waals surface area contributed by atoms with E-state index in [0.717, 1.165) is 5.56 Å². The van der Waals surface area contributed by atoms with Gasteiger partial charge in [-0.15, -0.1) is 0 Å². The summed E-state index contributed by atoms with van der Waals surface area (Å²) in [7, 11) is 0.